The van der Waals surface area contributed by atoms with Crippen LogP contribution in [-0.4, -0.2) is 88.3 Å². The highest BCUT2D eigenvalue weighted by atomic mass is 19.1. The second-order valence-electron chi connectivity index (χ2n) is 13.1. The number of alkyl halides is 1. The summed E-state index contributed by atoms with van der Waals surface area (Å²) in [6.45, 7) is 2.56. The van der Waals surface area contributed by atoms with Gasteiger partial charge in [-0.2, -0.15) is 9.97 Å². The van der Waals surface area contributed by atoms with Gasteiger partial charge in [0.15, 0.2) is 5.82 Å². The zero-order valence-corrected chi connectivity index (χ0v) is 24.8. The minimum Gasteiger partial charge on any atom is -0.508 e. The number of aromatic hydroxyl groups is 1. The average molecular weight is 630 g/mol. The van der Waals surface area contributed by atoms with E-state index in [2.05, 4.69) is 25.7 Å². The van der Waals surface area contributed by atoms with Gasteiger partial charge in [0.05, 0.1) is 29.9 Å². The molecule has 12 heteroatoms. The van der Waals surface area contributed by atoms with Gasteiger partial charge in [0.25, 0.3) is 0 Å². The van der Waals surface area contributed by atoms with Gasteiger partial charge >= 0.3 is 6.01 Å². The van der Waals surface area contributed by atoms with Gasteiger partial charge in [0, 0.05) is 36.4 Å². The highest BCUT2D eigenvalue weighted by molar-refractivity contribution is 6.04. The third-order valence-corrected chi connectivity index (χ3v) is 10.3. The molecule has 1 aliphatic carbocycles. The molecule has 2 aromatic carbocycles. The van der Waals surface area contributed by atoms with Crippen LogP contribution in [0.2, 0.25) is 0 Å². The third kappa shape index (κ3) is 4.21. The van der Waals surface area contributed by atoms with Crippen LogP contribution in [0.25, 0.3) is 32.9 Å². The summed E-state index contributed by atoms with van der Waals surface area (Å²) in [6, 6.07) is 5.14. The molecule has 9 nitrogen and oxygen atoms in total. The molecule has 9 rings (SSSR count). The van der Waals surface area contributed by atoms with E-state index in [1.54, 1.807) is 0 Å². The highest BCUT2D eigenvalue weighted by Crippen LogP contribution is 2.46. The molecule has 3 saturated heterocycles. The molecule has 6 heterocycles. The van der Waals surface area contributed by atoms with Gasteiger partial charge in [0.2, 0.25) is 5.88 Å². The Morgan fingerprint density at radius 3 is 2.89 bits per heavy atom. The lowest BCUT2D eigenvalue weighted by molar-refractivity contribution is 0.0952. The van der Waals surface area contributed by atoms with Crippen molar-refractivity contribution in [2.45, 2.75) is 49.5 Å². The van der Waals surface area contributed by atoms with Crippen LogP contribution in [0.3, 0.4) is 0 Å². The Morgan fingerprint density at radius 2 is 2.02 bits per heavy atom. The number of halogens is 3. The molecule has 4 aromatic rings. The van der Waals surface area contributed by atoms with Crippen molar-refractivity contribution >= 4 is 27.5 Å². The maximum Gasteiger partial charge on any atom is 0.319 e. The lowest BCUT2D eigenvalue weighted by Gasteiger charge is -2.31. The van der Waals surface area contributed by atoms with Crippen molar-refractivity contribution in [3.05, 3.63) is 41.5 Å². The number of phenolic OH excluding ortho intramolecular Hbond substituents is 1. The molecule has 236 valence electrons. The molecule has 4 fully saturated rings. The fourth-order valence-corrected chi connectivity index (χ4v) is 7.97. The maximum atomic E-state index is 17.0. The Kier molecular flexibility index (Phi) is 6.12. The summed E-state index contributed by atoms with van der Waals surface area (Å²) in [5, 5.41) is 11.5. The van der Waals surface area contributed by atoms with E-state index >= 15 is 4.39 Å². The largest absolute Gasteiger partial charge is 0.508 e. The first-order chi connectivity index (χ1) is 22.3. The van der Waals surface area contributed by atoms with Gasteiger partial charge in [-0.1, -0.05) is 12.0 Å². The Bertz CT molecular complexity index is 1990. The van der Waals surface area contributed by atoms with Gasteiger partial charge in [-0.3, -0.25) is 4.90 Å². The van der Waals surface area contributed by atoms with Crippen molar-refractivity contribution in [2.75, 3.05) is 44.4 Å². The van der Waals surface area contributed by atoms with E-state index in [1.165, 1.54) is 24.3 Å². The molecule has 1 N–H and O–H groups in total. The summed E-state index contributed by atoms with van der Waals surface area (Å²) in [4.78, 5) is 18.2. The van der Waals surface area contributed by atoms with Crippen LogP contribution in [0.15, 0.2) is 24.3 Å². The highest BCUT2D eigenvalue weighted by Gasteiger charge is 2.50. The van der Waals surface area contributed by atoms with E-state index in [0.29, 0.717) is 43.2 Å². The monoisotopic (exact) mass is 629 g/mol. The van der Waals surface area contributed by atoms with Gasteiger partial charge in [0.1, 0.15) is 53.4 Å². The number of nitrogens with zero attached hydrogens (tertiary/aromatic N) is 5. The number of aromatic nitrogens is 3. The summed E-state index contributed by atoms with van der Waals surface area (Å²) in [6.07, 6.45) is 7.98. The Morgan fingerprint density at radius 1 is 1.13 bits per heavy atom. The number of phenols is 1. The molecule has 1 saturated carbocycles. The van der Waals surface area contributed by atoms with Crippen LogP contribution >= 0.6 is 0 Å². The Labute approximate surface area is 262 Å². The molecular weight excluding hydrogens is 599 g/mol. The number of ether oxygens (including phenoxy) is 3. The van der Waals surface area contributed by atoms with Crippen molar-refractivity contribution in [2.24, 2.45) is 5.92 Å². The molecule has 0 amide bonds. The zero-order chi connectivity index (χ0) is 31.3. The lowest BCUT2D eigenvalue weighted by Crippen LogP contribution is -2.44. The second-order valence-corrected chi connectivity index (χ2v) is 13.1. The Balaban J connectivity index is 1.24. The van der Waals surface area contributed by atoms with Gasteiger partial charge in [-0.25, -0.2) is 18.2 Å². The van der Waals surface area contributed by atoms with E-state index in [1.807, 2.05) is 0 Å². The summed E-state index contributed by atoms with van der Waals surface area (Å²) in [7, 11) is 0. The number of benzene rings is 2. The fraction of sp³-hybridized carbons (Fsp3) is 0.441. The summed E-state index contributed by atoms with van der Waals surface area (Å²) < 4.78 is 65.0. The molecule has 0 bridgehead atoms. The number of fused-ring (bicyclic) bond motifs is 5. The molecular formula is C34H30F3N5O4. The molecule has 46 heavy (non-hydrogen) atoms. The normalized spacial score (nSPS) is 28.2. The minimum atomic E-state index is -0.934. The van der Waals surface area contributed by atoms with Gasteiger partial charge < -0.3 is 24.2 Å². The van der Waals surface area contributed by atoms with E-state index < -0.39 is 23.3 Å². The van der Waals surface area contributed by atoms with Crippen LogP contribution in [0.5, 0.6) is 17.6 Å². The van der Waals surface area contributed by atoms with Gasteiger partial charge in [-0.05, 0) is 49.4 Å². The van der Waals surface area contributed by atoms with Gasteiger partial charge in [-0.15, -0.1) is 6.42 Å². The average Bonchev–Trinajstić information content (AvgIpc) is 3.64. The van der Waals surface area contributed by atoms with Crippen molar-refractivity contribution in [1.82, 2.24) is 19.9 Å². The fourth-order valence-electron chi connectivity index (χ4n) is 7.97. The van der Waals surface area contributed by atoms with E-state index in [4.69, 9.17) is 25.6 Å². The molecule has 0 spiro atoms. The molecule has 2 aromatic heterocycles. The predicted molar refractivity (Wildman–Crippen MR) is 163 cm³/mol. The van der Waals surface area contributed by atoms with Crippen LogP contribution in [-0.2, 0) is 4.74 Å². The van der Waals surface area contributed by atoms with E-state index in [-0.39, 0.29) is 76.1 Å². The lowest BCUT2D eigenvalue weighted by atomic mass is 9.95. The maximum absolute atomic E-state index is 17.0. The predicted octanol–water partition coefficient (Wildman–Crippen LogP) is 4.75. The summed E-state index contributed by atoms with van der Waals surface area (Å²) in [5.41, 5.74) is -0.760. The first kappa shape index (κ1) is 27.9. The number of hydrogen-bond acceptors (Lipinski definition) is 9. The molecule has 5 aliphatic rings. The molecule has 4 aliphatic heterocycles. The summed E-state index contributed by atoms with van der Waals surface area (Å²) in [5.74, 6) is 1.54. The molecule has 5 atom stereocenters. The van der Waals surface area contributed by atoms with Crippen molar-refractivity contribution in [1.29, 1.82) is 0 Å². The van der Waals surface area contributed by atoms with Crippen LogP contribution in [0.1, 0.15) is 31.2 Å². The number of anilines is 1. The van der Waals surface area contributed by atoms with Crippen molar-refractivity contribution in [3.8, 4) is 41.2 Å². The number of hydrogen-bond donors (Lipinski definition) is 1. The molecule has 0 radical (unpaired) electrons. The third-order valence-electron chi connectivity index (χ3n) is 10.3. The van der Waals surface area contributed by atoms with E-state index in [0.717, 1.165) is 25.8 Å². The number of pyridine rings is 1. The first-order valence-corrected chi connectivity index (χ1v) is 15.7. The quantitative estimate of drug-likeness (QED) is 0.321. The topological polar surface area (TPSA) is 93.1 Å². The Hall–Kier alpha value is -4.34. The molecule has 0 unspecified atom stereocenters. The SMILES string of the molecule is C#Cc1c(F)ccc2cc(O)cc(-c3nc4c5c(nc(OC[C@@]67CCCN6C[C@H](F)C7)nc5c3F)N3C[C@H]5C[C@H]5OC[C@H]3CO4)c12. The van der Waals surface area contributed by atoms with Crippen molar-refractivity contribution < 1.29 is 32.5 Å². The zero-order valence-electron chi connectivity index (χ0n) is 24.8. The second kappa shape index (κ2) is 10.1. The smallest absolute Gasteiger partial charge is 0.319 e. The standard InChI is InChI=1S/C34H30F3N5O4/c1-2-22-24(36)5-4-17-8-21(43)10-23(26(17)22)29-28(37)30-27-31(42-12-18-9-25(18)44-14-20(42)15-45-32(27)38-29)40-33(39-30)46-16-34-6-3-7-41(34)13-19(35)11-34/h1,4-5,8,10,18-20,25,43H,3,6-7,9,11-16H2/t18-,19-,20+,25-,34+/m1/s1. The van der Waals surface area contributed by atoms with Crippen molar-refractivity contribution in [3.63, 3.8) is 0 Å². The summed E-state index contributed by atoms with van der Waals surface area (Å²) >= 11 is 0. The van der Waals surface area contributed by atoms with Crippen LogP contribution in [0, 0.1) is 29.9 Å². The van der Waals surface area contributed by atoms with Crippen LogP contribution < -0.4 is 14.4 Å². The first-order valence-electron chi connectivity index (χ1n) is 15.7. The number of terminal acetylenes is 1. The minimum absolute atomic E-state index is 0.0395. The van der Waals surface area contributed by atoms with E-state index in [9.17, 15) is 13.9 Å². The number of rotatable bonds is 4. The van der Waals surface area contributed by atoms with Crippen LogP contribution in [0.4, 0.5) is 19.0 Å².